The predicted molar refractivity (Wildman–Crippen MR) is 123 cm³/mol. The highest BCUT2D eigenvalue weighted by molar-refractivity contribution is 7.90. The minimum Gasteiger partial charge on any atom is -0.323 e. The molecule has 12 heteroatoms. The molecule has 0 aliphatic carbocycles. The largest absolute Gasteiger partial charge is 0.420 e. The molecule has 33 heavy (non-hydrogen) atoms. The Kier molecular flexibility index (Phi) is 6.43. The van der Waals surface area contributed by atoms with Crippen molar-refractivity contribution in [3.63, 3.8) is 0 Å². The second-order valence-electron chi connectivity index (χ2n) is 7.94. The third kappa shape index (κ3) is 5.32. The summed E-state index contributed by atoms with van der Waals surface area (Å²) in [6.07, 6.45) is -1.19. The lowest BCUT2D eigenvalue weighted by Crippen LogP contribution is -2.17. The zero-order chi connectivity index (χ0) is 24.0. The number of rotatable bonds is 4. The van der Waals surface area contributed by atoms with Gasteiger partial charge in [0, 0.05) is 24.4 Å². The molecule has 1 aliphatic heterocycles. The van der Waals surface area contributed by atoms with Crippen molar-refractivity contribution in [3.8, 4) is 10.6 Å². The van der Waals surface area contributed by atoms with E-state index in [0.717, 1.165) is 54.7 Å². The number of hydrogen-bond donors (Lipinski definition) is 1. The molecule has 176 valence electrons. The van der Waals surface area contributed by atoms with Crippen molar-refractivity contribution in [3.05, 3.63) is 51.5 Å². The number of alkyl halides is 3. The highest BCUT2D eigenvalue weighted by atomic mass is 35.5. The summed E-state index contributed by atoms with van der Waals surface area (Å²) in [5.41, 5.74) is 1.26. The molecule has 0 saturated carbocycles. The van der Waals surface area contributed by atoms with Gasteiger partial charge in [0.05, 0.1) is 26.2 Å². The van der Waals surface area contributed by atoms with Crippen molar-refractivity contribution >= 4 is 44.4 Å². The third-order valence-corrected chi connectivity index (χ3v) is 7.78. The zero-order valence-electron chi connectivity index (χ0n) is 17.7. The van der Waals surface area contributed by atoms with Gasteiger partial charge in [-0.2, -0.15) is 13.2 Å². The molecule has 6 nitrogen and oxygen atoms in total. The standard InChI is InChI=1S/C21H20ClF3N4O2S2/c1-29-5-3-4-12-7-17(16(22)6-13(12)10-29)27-20-26-9-15(21(23,24)25)19(28-20)18-8-14(11-32-18)33(2,30)31/h6-9,11H,3-5,10H2,1-2H3,(H,26,27,28). The summed E-state index contributed by atoms with van der Waals surface area (Å²) < 4.78 is 64.4. The van der Waals surface area contributed by atoms with Crippen LogP contribution in [-0.2, 0) is 29.0 Å². The minimum atomic E-state index is -4.71. The van der Waals surface area contributed by atoms with E-state index in [-0.39, 0.29) is 15.7 Å². The van der Waals surface area contributed by atoms with E-state index in [1.807, 2.05) is 19.2 Å². The van der Waals surface area contributed by atoms with Crippen LogP contribution < -0.4 is 5.32 Å². The second-order valence-corrected chi connectivity index (χ2v) is 11.3. The average molecular weight is 517 g/mol. The molecule has 0 unspecified atom stereocenters. The first-order valence-electron chi connectivity index (χ1n) is 9.92. The number of nitrogens with zero attached hydrogens (tertiary/aromatic N) is 3. The van der Waals surface area contributed by atoms with Crippen LogP contribution in [0.3, 0.4) is 0 Å². The van der Waals surface area contributed by atoms with Crippen molar-refractivity contribution < 1.29 is 21.6 Å². The van der Waals surface area contributed by atoms with Crippen LogP contribution in [0.1, 0.15) is 23.1 Å². The first-order valence-corrected chi connectivity index (χ1v) is 13.1. The Morgan fingerprint density at radius 1 is 1.21 bits per heavy atom. The predicted octanol–water partition coefficient (Wildman–Crippen LogP) is 5.40. The molecule has 0 saturated heterocycles. The molecule has 1 N–H and O–H groups in total. The zero-order valence-corrected chi connectivity index (χ0v) is 20.1. The monoisotopic (exact) mass is 516 g/mol. The lowest BCUT2D eigenvalue weighted by Gasteiger charge is -2.16. The Bertz CT molecular complexity index is 1310. The van der Waals surface area contributed by atoms with E-state index in [9.17, 15) is 21.6 Å². The minimum absolute atomic E-state index is 0.0671. The van der Waals surface area contributed by atoms with Crippen molar-refractivity contribution in [2.75, 3.05) is 25.2 Å². The first-order chi connectivity index (χ1) is 15.4. The number of sulfone groups is 1. The average Bonchev–Trinajstić information content (AvgIpc) is 3.14. The van der Waals surface area contributed by atoms with Crippen molar-refractivity contribution in [1.29, 1.82) is 0 Å². The van der Waals surface area contributed by atoms with Gasteiger partial charge >= 0.3 is 6.18 Å². The number of benzene rings is 1. The molecule has 0 radical (unpaired) electrons. The molecule has 1 aliphatic rings. The van der Waals surface area contributed by atoms with E-state index in [2.05, 4.69) is 20.2 Å². The smallest absolute Gasteiger partial charge is 0.323 e. The first kappa shape index (κ1) is 23.9. The topological polar surface area (TPSA) is 75.2 Å². The third-order valence-electron chi connectivity index (χ3n) is 5.29. The van der Waals surface area contributed by atoms with Crippen LogP contribution >= 0.6 is 22.9 Å². The maximum absolute atomic E-state index is 13.6. The number of fused-ring (bicyclic) bond motifs is 1. The quantitative estimate of drug-likeness (QED) is 0.500. The van der Waals surface area contributed by atoms with Gasteiger partial charge in [0.1, 0.15) is 5.56 Å². The van der Waals surface area contributed by atoms with Crippen LogP contribution in [0.15, 0.2) is 34.7 Å². The Morgan fingerprint density at radius 3 is 2.64 bits per heavy atom. The van der Waals surface area contributed by atoms with Gasteiger partial charge in [-0.3, -0.25) is 0 Å². The van der Waals surface area contributed by atoms with Crippen LogP contribution in [0.25, 0.3) is 10.6 Å². The van der Waals surface area contributed by atoms with Gasteiger partial charge in [0.25, 0.3) is 0 Å². The number of hydrogen-bond acceptors (Lipinski definition) is 7. The molecule has 0 atom stereocenters. The van der Waals surface area contributed by atoms with Gasteiger partial charge in [-0.25, -0.2) is 18.4 Å². The molecule has 2 aromatic heterocycles. The molecule has 0 fully saturated rings. The Balaban J connectivity index is 1.74. The molecule has 0 spiro atoms. The van der Waals surface area contributed by atoms with E-state index in [1.54, 1.807) is 0 Å². The van der Waals surface area contributed by atoms with Gasteiger partial charge in [0.2, 0.25) is 5.95 Å². The summed E-state index contributed by atoms with van der Waals surface area (Å²) in [4.78, 5) is 10.1. The molecular formula is C21H20ClF3N4O2S2. The number of halogens is 4. The molecule has 0 bridgehead atoms. The molecular weight excluding hydrogens is 497 g/mol. The maximum atomic E-state index is 13.6. The van der Waals surface area contributed by atoms with Gasteiger partial charge in [-0.05, 0) is 55.8 Å². The van der Waals surface area contributed by atoms with E-state index >= 15 is 0 Å². The number of aromatic nitrogens is 2. The van der Waals surface area contributed by atoms with Gasteiger partial charge in [-0.1, -0.05) is 11.6 Å². The fourth-order valence-electron chi connectivity index (χ4n) is 3.64. The SMILES string of the molecule is CN1CCCc2cc(Nc3ncc(C(F)(F)F)c(-c4cc(S(C)(=O)=O)cs4)n3)c(Cl)cc2C1. The fourth-order valence-corrected chi connectivity index (χ4v) is 5.90. The van der Waals surface area contributed by atoms with Gasteiger partial charge in [-0.15, -0.1) is 11.3 Å². The second kappa shape index (κ2) is 8.86. The molecule has 0 amide bonds. The molecule has 4 rings (SSSR count). The summed E-state index contributed by atoms with van der Waals surface area (Å²) in [5.74, 6) is -0.0695. The van der Waals surface area contributed by atoms with Crippen LogP contribution in [0, 0.1) is 0 Å². The van der Waals surface area contributed by atoms with Crippen LogP contribution in [0.2, 0.25) is 5.02 Å². The Labute approximate surface area is 198 Å². The lowest BCUT2D eigenvalue weighted by molar-refractivity contribution is -0.137. The summed E-state index contributed by atoms with van der Waals surface area (Å²) >= 11 is 7.32. The highest BCUT2D eigenvalue weighted by Gasteiger charge is 2.36. The maximum Gasteiger partial charge on any atom is 0.420 e. The van der Waals surface area contributed by atoms with Crippen molar-refractivity contribution in [1.82, 2.24) is 14.9 Å². The number of nitrogens with one attached hydrogen (secondary N) is 1. The molecule has 3 aromatic rings. The van der Waals surface area contributed by atoms with E-state index in [1.165, 1.54) is 11.4 Å². The molecule has 1 aromatic carbocycles. The number of aryl methyl sites for hydroxylation is 1. The van der Waals surface area contributed by atoms with E-state index in [4.69, 9.17) is 11.6 Å². The Morgan fingerprint density at radius 2 is 1.97 bits per heavy atom. The lowest BCUT2D eigenvalue weighted by atomic mass is 10.0. The van der Waals surface area contributed by atoms with E-state index in [0.29, 0.717) is 16.9 Å². The van der Waals surface area contributed by atoms with Gasteiger partial charge in [0.15, 0.2) is 9.84 Å². The Hall–Kier alpha value is -2.21. The van der Waals surface area contributed by atoms with Gasteiger partial charge < -0.3 is 10.2 Å². The summed E-state index contributed by atoms with van der Waals surface area (Å²) in [6.45, 7) is 1.72. The molecule has 3 heterocycles. The van der Waals surface area contributed by atoms with Crippen molar-refractivity contribution in [2.24, 2.45) is 0 Å². The van der Waals surface area contributed by atoms with Crippen LogP contribution in [0.5, 0.6) is 0 Å². The highest BCUT2D eigenvalue weighted by Crippen LogP contribution is 2.39. The summed E-state index contributed by atoms with van der Waals surface area (Å²) in [7, 11) is -1.53. The van der Waals surface area contributed by atoms with Crippen LogP contribution in [-0.4, -0.2) is 43.1 Å². The number of thiophene rings is 1. The van der Waals surface area contributed by atoms with E-state index < -0.39 is 27.3 Å². The fraction of sp³-hybridized carbons (Fsp3) is 0.333. The van der Waals surface area contributed by atoms with Crippen molar-refractivity contribution in [2.45, 2.75) is 30.5 Å². The van der Waals surface area contributed by atoms with Crippen LogP contribution in [0.4, 0.5) is 24.8 Å². The summed E-state index contributed by atoms with van der Waals surface area (Å²) in [6, 6.07) is 4.92. The number of anilines is 2. The summed E-state index contributed by atoms with van der Waals surface area (Å²) in [5, 5.41) is 4.63. The normalized spacial score (nSPS) is 15.2.